The number of esters is 1. The molecule has 0 aromatic heterocycles. The van der Waals surface area contributed by atoms with E-state index in [4.69, 9.17) is 0 Å². The summed E-state index contributed by atoms with van der Waals surface area (Å²) in [5, 5.41) is 2.45. The van der Waals surface area contributed by atoms with Crippen molar-refractivity contribution in [3.63, 3.8) is 0 Å². The molecule has 0 saturated heterocycles. The number of aryl methyl sites for hydroxylation is 1. The summed E-state index contributed by atoms with van der Waals surface area (Å²) in [6.45, 7) is 3.26. The van der Waals surface area contributed by atoms with E-state index in [2.05, 4.69) is 10.1 Å². The second kappa shape index (κ2) is 7.79. The predicted molar refractivity (Wildman–Crippen MR) is 77.5 cm³/mol. The summed E-state index contributed by atoms with van der Waals surface area (Å²) in [6, 6.07) is 6.82. The molecule has 20 heavy (non-hydrogen) atoms. The number of methoxy groups -OCH3 is 1. The number of rotatable bonds is 6. The number of amides is 1. The molecule has 5 nitrogen and oxygen atoms in total. The number of carbonyl (C=O) groups is 2. The molecule has 1 N–H and O–H groups in total. The summed E-state index contributed by atoms with van der Waals surface area (Å²) < 4.78 is 16.7. The molecule has 2 unspecified atom stereocenters. The molecule has 1 aromatic carbocycles. The van der Waals surface area contributed by atoms with Crippen LogP contribution in [0.2, 0.25) is 0 Å². The highest BCUT2D eigenvalue weighted by atomic mass is 32.2. The zero-order chi connectivity index (χ0) is 15.1. The maximum atomic E-state index is 12.1. The number of nitrogens with one attached hydrogen (secondary N) is 1. The lowest BCUT2D eigenvalue weighted by molar-refractivity contribution is -0.144. The largest absolute Gasteiger partial charge is 0.467 e. The van der Waals surface area contributed by atoms with Crippen molar-refractivity contribution in [2.24, 2.45) is 0 Å². The number of carbonyl (C=O) groups excluding carboxylic acids is 2. The molecule has 0 radical (unpaired) electrons. The Hall–Kier alpha value is -1.69. The molecular weight excluding hydrogens is 278 g/mol. The first-order valence-electron chi connectivity index (χ1n) is 6.18. The van der Waals surface area contributed by atoms with E-state index in [1.807, 2.05) is 31.2 Å². The molecule has 0 spiro atoms. The van der Waals surface area contributed by atoms with Gasteiger partial charge in [0.05, 0.1) is 12.9 Å². The van der Waals surface area contributed by atoms with E-state index in [0.29, 0.717) is 5.75 Å². The Balaban J connectivity index is 2.66. The van der Waals surface area contributed by atoms with Gasteiger partial charge in [0.25, 0.3) is 0 Å². The van der Waals surface area contributed by atoms with E-state index in [1.54, 1.807) is 0 Å². The summed E-state index contributed by atoms with van der Waals surface area (Å²) in [5.74, 6) is -0.555. The van der Waals surface area contributed by atoms with Crippen molar-refractivity contribution in [1.82, 2.24) is 5.32 Å². The number of benzene rings is 1. The fraction of sp³-hybridized carbons (Fsp3) is 0.429. The summed E-state index contributed by atoms with van der Waals surface area (Å²) >= 11 is 0. The van der Waals surface area contributed by atoms with Gasteiger partial charge in [-0.3, -0.25) is 9.00 Å². The van der Waals surface area contributed by atoms with Gasteiger partial charge in [0, 0.05) is 23.5 Å². The van der Waals surface area contributed by atoms with Crippen LogP contribution < -0.4 is 5.32 Å². The van der Waals surface area contributed by atoms with Gasteiger partial charge in [0.2, 0.25) is 5.91 Å². The van der Waals surface area contributed by atoms with Gasteiger partial charge < -0.3 is 10.1 Å². The topological polar surface area (TPSA) is 72.5 Å². The zero-order valence-electron chi connectivity index (χ0n) is 11.8. The van der Waals surface area contributed by atoms with Gasteiger partial charge in [-0.1, -0.05) is 29.8 Å². The molecule has 1 aromatic rings. The molecule has 0 aliphatic rings. The third kappa shape index (κ3) is 5.52. The van der Waals surface area contributed by atoms with Crippen molar-refractivity contribution in [3.05, 3.63) is 35.4 Å². The van der Waals surface area contributed by atoms with Crippen LogP contribution >= 0.6 is 0 Å². The highest BCUT2D eigenvalue weighted by Crippen LogP contribution is 2.08. The Bertz CT molecular complexity index is 516. The zero-order valence-corrected chi connectivity index (χ0v) is 12.7. The van der Waals surface area contributed by atoms with Crippen molar-refractivity contribution in [2.75, 3.05) is 12.9 Å². The van der Waals surface area contributed by atoms with Crippen molar-refractivity contribution >= 4 is 22.7 Å². The van der Waals surface area contributed by atoms with Crippen molar-refractivity contribution in [2.45, 2.75) is 25.6 Å². The Morgan fingerprint density at radius 3 is 2.65 bits per heavy atom. The molecule has 0 aliphatic heterocycles. The number of hydrogen-bond acceptors (Lipinski definition) is 4. The van der Waals surface area contributed by atoms with Crippen LogP contribution in [0.15, 0.2) is 24.3 Å². The Labute approximate surface area is 121 Å². The van der Waals surface area contributed by atoms with Gasteiger partial charge in [-0.25, -0.2) is 4.79 Å². The molecule has 0 aliphatic carbocycles. The summed E-state index contributed by atoms with van der Waals surface area (Å²) in [4.78, 5) is 22.6. The lowest BCUT2D eigenvalue weighted by atomic mass is 10.2. The van der Waals surface area contributed by atoms with Gasteiger partial charge in [0.1, 0.15) is 6.04 Å². The van der Waals surface area contributed by atoms with Crippen molar-refractivity contribution < 1.29 is 18.5 Å². The van der Waals surface area contributed by atoms with E-state index in [-0.39, 0.29) is 11.7 Å². The van der Waals surface area contributed by atoms with Gasteiger partial charge in [-0.05, 0) is 12.5 Å². The van der Waals surface area contributed by atoms with E-state index < -0.39 is 22.8 Å². The highest BCUT2D eigenvalue weighted by molar-refractivity contribution is 7.84. The predicted octanol–water partition coefficient (Wildman–Crippen LogP) is 0.921. The molecule has 2 atom stereocenters. The minimum Gasteiger partial charge on any atom is -0.467 e. The smallest absolute Gasteiger partial charge is 0.329 e. The molecule has 0 bridgehead atoms. The number of ether oxygens (including phenoxy) is 1. The average Bonchev–Trinajstić information content (AvgIpc) is 2.36. The lowest BCUT2D eigenvalue weighted by Crippen LogP contribution is -2.44. The second-order valence-electron chi connectivity index (χ2n) is 4.52. The third-order valence-corrected chi connectivity index (χ3v) is 3.99. The van der Waals surface area contributed by atoms with Gasteiger partial charge in [-0.15, -0.1) is 0 Å². The molecule has 6 heteroatoms. The van der Waals surface area contributed by atoms with Gasteiger partial charge in [-0.2, -0.15) is 0 Å². The van der Waals surface area contributed by atoms with Crippen LogP contribution in [0.3, 0.4) is 0 Å². The molecule has 0 fully saturated rings. The quantitative estimate of drug-likeness (QED) is 0.793. The van der Waals surface area contributed by atoms with E-state index in [1.165, 1.54) is 14.0 Å². The summed E-state index contributed by atoms with van der Waals surface area (Å²) in [7, 11) is -0.0268. The van der Waals surface area contributed by atoms with E-state index in [9.17, 15) is 13.8 Å². The van der Waals surface area contributed by atoms with Crippen LogP contribution in [0.4, 0.5) is 0 Å². The third-order valence-electron chi connectivity index (χ3n) is 2.63. The van der Waals surface area contributed by atoms with Crippen molar-refractivity contribution in [1.29, 1.82) is 0 Å². The van der Waals surface area contributed by atoms with Crippen LogP contribution in [0, 0.1) is 6.92 Å². The summed E-state index contributed by atoms with van der Waals surface area (Å²) in [5.41, 5.74) is 2.03. The van der Waals surface area contributed by atoms with Gasteiger partial charge in [0.15, 0.2) is 0 Å². The molecule has 0 heterocycles. The van der Waals surface area contributed by atoms with Crippen LogP contribution in [0.1, 0.15) is 18.1 Å². The molecule has 1 amide bonds. The number of hydrogen-bond donors (Lipinski definition) is 1. The molecule has 1 rings (SSSR count). The van der Waals surface area contributed by atoms with E-state index in [0.717, 1.165) is 11.1 Å². The average molecular weight is 297 g/mol. The van der Waals surface area contributed by atoms with Crippen LogP contribution in [-0.2, 0) is 30.9 Å². The maximum Gasteiger partial charge on any atom is 0.329 e. The maximum absolute atomic E-state index is 12.1. The first-order valence-corrected chi connectivity index (χ1v) is 7.66. The highest BCUT2D eigenvalue weighted by Gasteiger charge is 2.22. The SMILES string of the molecule is COC(=O)C(CS(=O)Cc1cccc(C)c1)NC(C)=O. The normalized spacial score (nSPS) is 13.3. The van der Waals surface area contributed by atoms with Crippen LogP contribution in [-0.4, -0.2) is 35.0 Å². The Morgan fingerprint density at radius 1 is 1.40 bits per heavy atom. The van der Waals surface area contributed by atoms with Crippen molar-refractivity contribution in [3.8, 4) is 0 Å². The Kier molecular flexibility index (Phi) is 6.38. The standard InChI is InChI=1S/C14H19NO4S/c1-10-5-4-6-12(7-10)8-20(18)9-13(14(17)19-3)15-11(2)16/h4-7,13H,8-9H2,1-3H3,(H,15,16). The first kappa shape index (κ1) is 16.4. The molecule has 110 valence electrons. The minimum atomic E-state index is -1.26. The monoisotopic (exact) mass is 297 g/mol. The summed E-state index contributed by atoms with van der Waals surface area (Å²) in [6.07, 6.45) is 0. The molecule has 0 saturated carbocycles. The van der Waals surface area contributed by atoms with E-state index >= 15 is 0 Å². The first-order chi connectivity index (χ1) is 9.42. The minimum absolute atomic E-state index is 0.0419. The fourth-order valence-corrected chi connectivity index (χ4v) is 3.05. The lowest BCUT2D eigenvalue weighted by Gasteiger charge is -2.15. The van der Waals surface area contributed by atoms with Crippen LogP contribution in [0.25, 0.3) is 0 Å². The Morgan fingerprint density at radius 2 is 2.10 bits per heavy atom. The van der Waals surface area contributed by atoms with Crippen LogP contribution in [0.5, 0.6) is 0 Å². The second-order valence-corrected chi connectivity index (χ2v) is 6.02. The molecular formula is C14H19NO4S. The van der Waals surface area contributed by atoms with Gasteiger partial charge >= 0.3 is 5.97 Å². The fourth-order valence-electron chi connectivity index (χ4n) is 1.79.